The summed E-state index contributed by atoms with van der Waals surface area (Å²) in [4.78, 5) is 19.1. The van der Waals surface area contributed by atoms with E-state index in [2.05, 4.69) is 15.3 Å². The maximum Gasteiger partial charge on any atom is 0.311 e. The number of nitrogens with zero attached hydrogens (tertiary/aromatic N) is 3. The lowest BCUT2D eigenvalue weighted by Crippen LogP contribution is -2.12. The van der Waals surface area contributed by atoms with E-state index in [0.29, 0.717) is 12.1 Å². The lowest BCUT2D eigenvalue weighted by Gasteiger charge is -2.15. The summed E-state index contributed by atoms with van der Waals surface area (Å²) in [7, 11) is 0. The van der Waals surface area contributed by atoms with Crippen LogP contribution in [0.3, 0.4) is 0 Å². The monoisotopic (exact) mass is 370 g/mol. The van der Waals surface area contributed by atoms with E-state index in [-0.39, 0.29) is 35.0 Å². The molecule has 2 aromatic rings. The molecule has 0 amide bonds. The second kappa shape index (κ2) is 7.40. The molecule has 1 aliphatic carbocycles. The molecule has 140 valence electrons. The number of benzene rings is 1. The number of aliphatic imine (C=N–C) groups is 1. The number of nitrogens with one attached hydrogen (secondary N) is 1. The number of rotatable bonds is 5. The number of nitrogens with two attached hydrogens (primary N) is 2. The van der Waals surface area contributed by atoms with Crippen molar-refractivity contribution < 1.29 is 9.31 Å². The first-order valence-electron chi connectivity index (χ1n) is 8.31. The topological polar surface area (TPSA) is 132 Å². The number of hydrogen-bond donors (Lipinski definition) is 3. The van der Waals surface area contributed by atoms with Crippen LogP contribution in [0.5, 0.6) is 0 Å². The molecule has 1 unspecified atom stereocenters. The zero-order valence-electron chi connectivity index (χ0n) is 14.6. The number of allylic oxidation sites excluding steroid dienone is 1. The molecule has 1 atom stereocenters. The normalized spacial score (nSPS) is 16.9. The van der Waals surface area contributed by atoms with Crippen LogP contribution in [0.25, 0.3) is 0 Å². The van der Waals surface area contributed by atoms with Gasteiger partial charge in [0.2, 0.25) is 5.82 Å². The minimum Gasteiger partial charge on any atom is -0.402 e. The Hall–Kier alpha value is -3.49. The Morgan fingerprint density at radius 3 is 2.89 bits per heavy atom. The predicted octanol–water partition coefficient (Wildman–Crippen LogP) is 3.08. The molecule has 0 saturated heterocycles. The summed E-state index contributed by atoms with van der Waals surface area (Å²) in [5.74, 6) is 0.0516. The van der Waals surface area contributed by atoms with Crippen molar-refractivity contribution in [2.45, 2.75) is 25.8 Å². The van der Waals surface area contributed by atoms with E-state index in [9.17, 15) is 14.5 Å². The molecule has 0 aliphatic heterocycles. The van der Waals surface area contributed by atoms with Gasteiger partial charge in [-0.2, -0.15) is 0 Å². The molecule has 27 heavy (non-hydrogen) atoms. The average Bonchev–Trinajstić information content (AvgIpc) is 2.96. The van der Waals surface area contributed by atoms with Gasteiger partial charge in [0.25, 0.3) is 0 Å². The molecular weight excluding hydrogens is 351 g/mol. The number of amidine groups is 1. The first-order valence-corrected chi connectivity index (χ1v) is 8.31. The third-order valence-corrected chi connectivity index (χ3v) is 4.17. The van der Waals surface area contributed by atoms with E-state index >= 15 is 0 Å². The highest BCUT2D eigenvalue weighted by molar-refractivity contribution is 5.93. The van der Waals surface area contributed by atoms with Crippen LogP contribution in [0.2, 0.25) is 0 Å². The molecule has 0 bridgehead atoms. The fraction of sp³-hybridized carbons (Fsp3) is 0.222. The van der Waals surface area contributed by atoms with Gasteiger partial charge < -0.3 is 16.8 Å². The Kier molecular flexibility index (Phi) is 5.02. The third kappa shape index (κ3) is 4.20. The molecule has 1 aromatic heterocycles. The summed E-state index contributed by atoms with van der Waals surface area (Å²) in [5.41, 5.74) is 13.4. The summed E-state index contributed by atoms with van der Waals surface area (Å²) in [5, 5.41) is 14.4. The molecule has 8 nitrogen and oxygen atoms in total. The number of anilines is 1. The Morgan fingerprint density at radius 1 is 1.41 bits per heavy atom. The molecular formula is C18H19FN6O2. The largest absolute Gasteiger partial charge is 0.402 e. The first kappa shape index (κ1) is 18.3. The molecule has 3 rings (SSSR count). The van der Waals surface area contributed by atoms with Crippen molar-refractivity contribution in [3.05, 3.63) is 69.2 Å². The van der Waals surface area contributed by atoms with Gasteiger partial charge in [-0.1, -0.05) is 6.07 Å². The maximum atomic E-state index is 13.6. The lowest BCUT2D eigenvalue weighted by molar-refractivity contribution is -0.384. The predicted molar refractivity (Wildman–Crippen MR) is 101 cm³/mol. The smallest absolute Gasteiger partial charge is 0.311 e. The van der Waals surface area contributed by atoms with Gasteiger partial charge >= 0.3 is 5.69 Å². The molecule has 9 heteroatoms. The van der Waals surface area contributed by atoms with Gasteiger partial charge in [-0.3, -0.25) is 10.1 Å². The first-order chi connectivity index (χ1) is 12.8. The van der Waals surface area contributed by atoms with Gasteiger partial charge in [-0.25, -0.2) is 14.4 Å². The van der Waals surface area contributed by atoms with Crippen LogP contribution in [0.15, 0.2) is 47.1 Å². The lowest BCUT2D eigenvalue weighted by atomic mass is 10.1. The van der Waals surface area contributed by atoms with Crippen LogP contribution in [0.1, 0.15) is 30.5 Å². The molecule has 1 heterocycles. The Labute approximate surface area is 155 Å². The Balaban J connectivity index is 1.95. The van der Waals surface area contributed by atoms with E-state index in [4.69, 9.17) is 11.5 Å². The van der Waals surface area contributed by atoms with Gasteiger partial charge in [-0.05, 0) is 55.2 Å². The fourth-order valence-electron chi connectivity index (χ4n) is 3.04. The molecule has 0 fully saturated rings. The van der Waals surface area contributed by atoms with Crippen molar-refractivity contribution in [2.75, 3.05) is 5.32 Å². The van der Waals surface area contributed by atoms with Crippen molar-refractivity contribution in [1.82, 2.24) is 4.98 Å². The highest BCUT2D eigenvalue weighted by Crippen LogP contribution is 2.36. The number of hydrogen-bond acceptors (Lipinski definition) is 6. The van der Waals surface area contributed by atoms with Crippen molar-refractivity contribution in [3.8, 4) is 0 Å². The number of halogens is 1. The average molecular weight is 370 g/mol. The van der Waals surface area contributed by atoms with Crippen molar-refractivity contribution in [2.24, 2.45) is 16.5 Å². The Morgan fingerprint density at radius 2 is 2.19 bits per heavy atom. The van der Waals surface area contributed by atoms with Crippen LogP contribution in [-0.4, -0.2) is 15.7 Å². The van der Waals surface area contributed by atoms with E-state index in [1.165, 1.54) is 30.3 Å². The number of fused-ring (bicyclic) bond motifs is 1. The van der Waals surface area contributed by atoms with E-state index in [0.717, 1.165) is 17.5 Å². The number of aromatic nitrogens is 1. The number of nitro groups is 1. The highest BCUT2D eigenvalue weighted by atomic mass is 19.1. The standard InChI is InChI=1S/C18H19FN6O2/c1-10(20)8-16(21)23-17-7-6-15(25(26)27)18(24-17)22-14-5-3-11-2-4-12(19)9-13(11)14/h2,4,6-9,14H,3,5,20H2,1H3,(H3,21,22,23,24)/b10-8-. The summed E-state index contributed by atoms with van der Waals surface area (Å²) >= 11 is 0. The zero-order chi connectivity index (χ0) is 19.6. The van der Waals surface area contributed by atoms with Gasteiger partial charge in [0.1, 0.15) is 11.7 Å². The van der Waals surface area contributed by atoms with Gasteiger partial charge in [0.05, 0.1) is 11.0 Å². The second-order valence-electron chi connectivity index (χ2n) is 6.30. The fourth-order valence-corrected chi connectivity index (χ4v) is 3.04. The van der Waals surface area contributed by atoms with E-state index < -0.39 is 4.92 Å². The minimum absolute atomic E-state index is 0.0598. The highest BCUT2D eigenvalue weighted by Gasteiger charge is 2.26. The molecule has 0 saturated carbocycles. The molecule has 1 aromatic carbocycles. The molecule has 1 aliphatic rings. The Bertz CT molecular complexity index is 953. The van der Waals surface area contributed by atoms with Crippen LogP contribution in [-0.2, 0) is 6.42 Å². The number of aryl methyl sites for hydroxylation is 1. The van der Waals surface area contributed by atoms with Crippen LogP contribution < -0.4 is 16.8 Å². The SMILES string of the molecule is C/C(N)=C/C(N)=Nc1ccc([N+](=O)[O-])c(NC2CCc3ccc(F)cc32)n1. The number of pyridine rings is 1. The summed E-state index contributed by atoms with van der Waals surface area (Å²) in [6, 6.07) is 7.02. The van der Waals surface area contributed by atoms with Crippen LogP contribution in [0, 0.1) is 15.9 Å². The van der Waals surface area contributed by atoms with E-state index in [1.54, 1.807) is 13.0 Å². The van der Waals surface area contributed by atoms with Gasteiger partial charge in [0, 0.05) is 11.8 Å². The van der Waals surface area contributed by atoms with Crippen molar-refractivity contribution in [3.63, 3.8) is 0 Å². The minimum atomic E-state index is -0.530. The van der Waals surface area contributed by atoms with E-state index in [1.807, 2.05) is 0 Å². The summed E-state index contributed by atoms with van der Waals surface area (Å²) in [6.07, 6.45) is 2.90. The van der Waals surface area contributed by atoms with Crippen molar-refractivity contribution in [1.29, 1.82) is 0 Å². The van der Waals surface area contributed by atoms with Crippen LogP contribution in [0.4, 0.5) is 21.7 Å². The maximum absolute atomic E-state index is 13.6. The van der Waals surface area contributed by atoms with Gasteiger partial charge in [-0.15, -0.1) is 0 Å². The summed E-state index contributed by atoms with van der Waals surface area (Å²) in [6.45, 7) is 1.66. The third-order valence-electron chi connectivity index (χ3n) is 4.17. The van der Waals surface area contributed by atoms with Gasteiger partial charge in [0.15, 0.2) is 5.82 Å². The summed E-state index contributed by atoms with van der Waals surface area (Å²) < 4.78 is 13.6. The van der Waals surface area contributed by atoms with Crippen LogP contribution >= 0.6 is 0 Å². The van der Waals surface area contributed by atoms with Crippen molar-refractivity contribution >= 4 is 23.2 Å². The second-order valence-corrected chi connectivity index (χ2v) is 6.30. The zero-order valence-corrected chi connectivity index (χ0v) is 14.6. The molecule has 0 radical (unpaired) electrons. The molecule has 0 spiro atoms. The molecule has 5 N–H and O–H groups in total. The quantitative estimate of drug-likeness (QED) is 0.321.